The highest BCUT2D eigenvalue weighted by molar-refractivity contribution is 5.97. The second-order valence-electron chi connectivity index (χ2n) is 5.23. The van der Waals surface area contributed by atoms with Crippen LogP contribution in [0.4, 0.5) is 5.69 Å². The molecule has 1 aromatic rings. The van der Waals surface area contributed by atoms with Crippen molar-refractivity contribution in [2.75, 3.05) is 5.73 Å². The van der Waals surface area contributed by atoms with Crippen molar-refractivity contribution in [2.45, 2.75) is 52.1 Å². The number of nitrogens with one attached hydrogen (secondary N) is 1. The molecule has 0 aliphatic heterocycles. The highest BCUT2D eigenvalue weighted by atomic mass is 16.2. The molecule has 1 saturated carbocycles. The first-order valence-electron chi connectivity index (χ1n) is 6.74. The Bertz CT molecular complexity index is 427. The lowest BCUT2D eigenvalue weighted by Gasteiger charge is -2.27. The lowest BCUT2D eigenvalue weighted by molar-refractivity contribution is 0.0916. The van der Waals surface area contributed by atoms with Crippen LogP contribution in [-0.2, 0) is 6.54 Å². The molecule has 1 fully saturated rings. The molecule has 2 atom stereocenters. The van der Waals surface area contributed by atoms with Crippen LogP contribution < -0.4 is 11.1 Å². The van der Waals surface area contributed by atoms with Crippen LogP contribution in [0, 0.1) is 5.92 Å². The zero-order valence-corrected chi connectivity index (χ0v) is 11.1. The molecule has 1 heterocycles. The lowest BCUT2D eigenvalue weighted by atomic mass is 9.87. The van der Waals surface area contributed by atoms with Gasteiger partial charge < -0.3 is 11.1 Å². The van der Waals surface area contributed by atoms with E-state index >= 15 is 0 Å². The van der Waals surface area contributed by atoms with E-state index in [4.69, 9.17) is 5.73 Å². The van der Waals surface area contributed by atoms with Gasteiger partial charge in [-0.15, -0.1) is 0 Å². The Labute approximate surface area is 108 Å². The van der Waals surface area contributed by atoms with Crippen molar-refractivity contribution in [1.29, 1.82) is 0 Å². The summed E-state index contributed by atoms with van der Waals surface area (Å²) >= 11 is 0. The summed E-state index contributed by atoms with van der Waals surface area (Å²) in [5.74, 6) is 0.549. The van der Waals surface area contributed by atoms with Gasteiger partial charge in [-0.25, -0.2) is 0 Å². The van der Waals surface area contributed by atoms with Crippen LogP contribution in [0.15, 0.2) is 6.20 Å². The molecular weight excluding hydrogens is 228 g/mol. The third-order valence-corrected chi connectivity index (χ3v) is 3.60. The first-order chi connectivity index (χ1) is 8.60. The van der Waals surface area contributed by atoms with Crippen LogP contribution >= 0.6 is 0 Å². The number of aryl methyl sites for hydroxylation is 1. The molecule has 1 aliphatic carbocycles. The summed E-state index contributed by atoms with van der Waals surface area (Å²) in [4.78, 5) is 12.1. The number of nitrogens with two attached hydrogens (primary N) is 1. The Morgan fingerprint density at radius 3 is 3.00 bits per heavy atom. The normalized spacial score (nSPS) is 23.9. The molecule has 1 aliphatic rings. The van der Waals surface area contributed by atoms with Crippen LogP contribution in [0.5, 0.6) is 0 Å². The minimum absolute atomic E-state index is 0.140. The van der Waals surface area contributed by atoms with E-state index in [1.165, 1.54) is 12.8 Å². The van der Waals surface area contributed by atoms with Gasteiger partial charge in [-0.1, -0.05) is 19.8 Å². The van der Waals surface area contributed by atoms with Gasteiger partial charge in [0.15, 0.2) is 5.69 Å². The van der Waals surface area contributed by atoms with Crippen molar-refractivity contribution in [2.24, 2.45) is 5.92 Å². The van der Waals surface area contributed by atoms with Crippen molar-refractivity contribution in [1.82, 2.24) is 15.1 Å². The number of anilines is 1. The Kier molecular flexibility index (Phi) is 3.89. The Balaban J connectivity index is 2.00. The largest absolute Gasteiger partial charge is 0.396 e. The first-order valence-corrected chi connectivity index (χ1v) is 6.74. The summed E-state index contributed by atoms with van der Waals surface area (Å²) in [6.45, 7) is 4.92. The fourth-order valence-electron chi connectivity index (χ4n) is 2.59. The molecule has 100 valence electrons. The van der Waals surface area contributed by atoms with Crippen LogP contribution in [0.25, 0.3) is 0 Å². The number of carbonyl (C=O) groups excluding carboxylic acids is 1. The smallest absolute Gasteiger partial charge is 0.274 e. The van der Waals surface area contributed by atoms with Crippen molar-refractivity contribution in [3.05, 3.63) is 11.9 Å². The standard InChI is InChI=1S/C13H22N4O/c1-3-17-8-11(14)12(16-17)13(18)15-10-6-4-5-9(2)7-10/h8-10H,3-7,14H2,1-2H3,(H,15,18). The van der Waals surface area contributed by atoms with Crippen LogP contribution in [-0.4, -0.2) is 21.7 Å². The van der Waals surface area contributed by atoms with Crippen LogP contribution in [0.3, 0.4) is 0 Å². The maximum absolute atomic E-state index is 12.1. The van der Waals surface area contributed by atoms with Gasteiger partial charge in [-0.2, -0.15) is 5.10 Å². The van der Waals surface area contributed by atoms with E-state index in [9.17, 15) is 4.79 Å². The molecule has 0 saturated heterocycles. The molecule has 2 rings (SSSR count). The SMILES string of the molecule is CCn1cc(N)c(C(=O)NC2CCCC(C)C2)n1. The third-order valence-electron chi connectivity index (χ3n) is 3.60. The number of rotatable bonds is 3. The van der Waals surface area contributed by atoms with E-state index in [2.05, 4.69) is 17.3 Å². The average Bonchev–Trinajstić information content (AvgIpc) is 2.70. The van der Waals surface area contributed by atoms with Crippen LogP contribution in [0.2, 0.25) is 0 Å². The minimum atomic E-state index is -0.140. The van der Waals surface area contributed by atoms with E-state index in [1.54, 1.807) is 10.9 Å². The predicted octanol–water partition coefficient (Wildman–Crippen LogP) is 1.79. The summed E-state index contributed by atoms with van der Waals surface area (Å²) < 4.78 is 1.69. The topological polar surface area (TPSA) is 72.9 Å². The van der Waals surface area contributed by atoms with Gasteiger partial charge in [0.1, 0.15) is 0 Å². The number of carbonyl (C=O) groups is 1. The van der Waals surface area contributed by atoms with Crippen molar-refractivity contribution in [3.8, 4) is 0 Å². The number of nitrogen functional groups attached to an aromatic ring is 1. The molecular formula is C13H22N4O. The second kappa shape index (κ2) is 5.42. The Morgan fingerprint density at radius 1 is 1.61 bits per heavy atom. The molecule has 5 heteroatoms. The highest BCUT2D eigenvalue weighted by Gasteiger charge is 2.23. The van der Waals surface area contributed by atoms with E-state index in [0.29, 0.717) is 17.3 Å². The zero-order valence-electron chi connectivity index (χ0n) is 11.1. The van der Waals surface area contributed by atoms with Gasteiger partial charge in [0.25, 0.3) is 5.91 Å². The Hall–Kier alpha value is -1.52. The van der Waals surface area contributed by atoms with Gasteiger partial charge in [-0.3, -0.25) is 9.48 Å². The molecule has 0 aromatic carbocycles. The molecule has 1 amide bonds. The molecule has 2 unspecified atom stereocenters. The molecule has 3 N–H and O–H groups in total. The lowest BCUT2D eigenvalue weighted by Crippen LogP contribution is -2.38. The maximum Gasteiger partial charge on any atom is 0.274 e. The Morgan fingerprint density at radius 2 is 2.39 bits per heavy atom. The van der Waals surface area contributed by atoms with Gasteiger partial charge in [0, 0.05) is 18.8 Å². The summed E-state index contributed by atoms with van der Waals surface area (Å²) in [5, 5.41) is 7.24. The molecule has 0 radical (unpaired) electrons. The summed E-state index contributed by atoms with van der Waals surface area (Å²) in [6.07, 6.45) is 6.27. The van der Waals surface area contributed by atoms with Crippen molar-refractivity contribution >= 4 is 11.6 Å². The van der Waals surface area contributed by atoms with Gasteiger partial charge >= 0.3 is 0 Å². The van der Waals surface area contributed by atoms with Gasteiger partial charge in [0.05, 0.1) is 5.69 Å². The molecule has 5 nitrogen and oxygen atoms in total. The molecule has 18 heavy (non-hydrogen) atoms. The quantitative estimate of drug-likeness (QED) is 0.859. The summed E-state index contributed by atoms with van der Waals surface area (Å²) in [5.41, 5.74) is 6.62. The highest BCUT2D eigenvalue weighted by Crippen LogP contribution is 2.23. The van der Waals surface area contributed by atoms with E-state index in [-0.39, 0.29) is 11.9 Å². The van der Waals surface area contributed by atoms with E-state index in [0.717, 1.165) is 19.4 Å². The summed E-state index contributed by atoms with van der Waals surface area (Å²) in [6, 6.07) is 0.271. The predicted molar refractivity (Wildman–Crippen MR) is 71.2 cm³/mol. The monoisotopic (exact) mass is 250 g/mol. The minimum Gasteiger partial charge on any atom is -0.396 e. The van der Waals surface area contributed by atoms with Crippen molar-refractivity contribution < 1.29 is 4.79 Å². The summed E-state index contributed by atoms with van der Waals surface area (Å²) in [7, 11) is 0. The van der Waals surface area contributed by atoms with Crippen LogP contribution in [0.1, 0.15) is 50.0 Å². The van der Waals surface area contributed by atoms with Gasteiger partial charge in [-0.05, 0) is 25.7 Å². The third kappa shape index (κ3) is 2.83. The number of hydrogen-bond acceptors (Lipinski definition) is 3. The van der Waals surface area contributed by atoms with E-state index in [1.807, 2.05) is 6.92 Å². The van der Waals surface area contributed by atoms with E-state index < -0.39 is 0 Å². The number of amides is 1. The fourth-order valence-corrected chi connectivity index (χ4v) is 2.59. The zero-order chi connectivity index (χ0) is 13.1. The van der Waals surface area contributed by atoms with Crippen molar-refractivity contribution in [3.63, 3.8) is 0 Å². The number of hydrogen-bond donors (Lipinski definition) is 2. The molecule has 0 spiro atoms. The first kappa shape index (κ1) is 12.9. The molecule has 0 bridgehead atoms. The fraction of sp³-hybridized carbons (Fsp3) is 0.692. The number of nitrogens with zero attached hydrogens (tertiary/aromatic N) is 2. The maximum atomic E-state index is 12.1. The number of aromatic nitrogens is 2. The molecule has 1 aromatic heterocycles. The second-order valence-corrected chi connectivity index (χ2v) is 5.23. The average molecular weight is 250 g/mol. The van der Waals surface area contributed by atoms with Gasteiger partial charge in [0.2, 0.25) is 0 Å².